The van der Waals surface area contributed by atoms with Gasteiger partial charge >= 0.3 is 6.18 Å². The number of nitrogens with two attached hydrogens (primary N) is 1. The van der Waals surface area contributed by atoms with Crippen LogP contribution in [0.15, 0.2) is 29.2 Å². The fourth-order valence-corrected chi connectivity index (χ4v) is 2.56. The second kappa shape index (κ2) is 6.36. The largest absolute Gasteiger partial charge is 0.389 e. The maximum atomic E-state index is 11.9. The summed E-state index contributed by atoms with van der Waals surface area (Å²) < 4.78 is 61.4. The summed E-state index contributed by atoms with van der Waals surface area (Å²) in [6.07, 6.45) is -5.58. The number of sulfonamides is 1. The Morgan fingerprint density at radius 3 is 2.53 bits per heavy atom. The summed E-state index contributed by atoms with van der Waals surface area (Å²) >= 11 is 0. The van der Waals surface area contributed by atoms with E-state index < -0.39 is 22.6 Å². The first-order chi connectivity index (χ1) is 8.74. The van der Waals surface area contributed by atoms with Gasteiger partial charge in [0.05, 0.1) is 4.90 Å². The summed E-state index contributed by atoms with van der Waals surface area (Å²) in [7, 11) is -3.78. The van der Waals surface area contributed by atoms with Crippen LogP contribution in [-0.4, -0.2) is 21.1 Å². The van der Waals surface area contributed by atoms with E-state index >= 15 is 0 Å². The average Bonchev–Trinajstić information content (AvgIpc) is 2.34. The van der Waals surface area contributed by atoms with Gasteiger partial charge in [-0.1, -0.05) is 12.1 Å². The zero-order valence-electron chi connectivity index (χ0n) is 10.1. The Hall–Kier alpha value is -1.12. The molecule has 0 aliphatic rings. The first kappa shape index (κ1) is 15.9. The topological polar surface area (TPSA) is 72.2 Å². The third-order valence-electron chi connectivity index (χ3n) is 2.37. The number of benzene rings is 1. The van der Waals surface area contributed by atoms with Gasteiger partial charge in [-0.15, -0.1) is 0 Å². The molecule has 0 atom stereocenters. The molecule has 1 rings (SSSR count). The summed E-state index contributed by atoms with van der Waals surface area (Å²) in [4.78, 5) is 0.00228. The van der Waals surface area contributed by atoms with E-state index in [9.17, 15) is 21.6 Å². The SMILES string of the molecule is NCc1cccc(S(=O)(=O)NCCCC(F)(F)F)c1. The van der Waals surface area contributed by atoms with Gasteiger partial charge in [0.15, 0.2) is 0 Å². The maximum Gasteiger partial charge on any atom is 0.389 e. The summed E-state index contributed by atoms with van der Waals surface area (Å²) in [6.45, 7) is -0.0634. The van der Waals surface area contributed by atoms with E-state index in [0.717, 1.165) is 0 Å². The molecular weight excluding hydrogens is 281 g/mol. The van der Waals surface area contributed by atoms with E-state index in [1.807, 2.05) is 0 Å². The molecule has 1 aromatic rings. The van der Waals surface area contributed by atoms with Crippen LogP contribution < -0.4 is 10.5 Å². The first-order valence-corrected chi connectivity index (χ1v) is 7.08. The van der Waals surface area contributed by atoms with Crippen LogP contribution >= 0.6 is 0 Å². The van der Waals surface area contributed by atoms with Crippen LogP contribution in [0.4, 0.5) is 13.2 Å². The van der Waals surface area contributed by atoms with Crippen LogP contribution in [0.3, 0.4) is 0 Å². The highest BCUT2D eigenvalue weighted by molar-refractivity contribution is 7.89. The molecule has 0 heterocycles. The van der Waals surface area contributed by atoms with Crippen molar-refractivity contribution in [2.75, 3.05) is 6.54 Å². The van der Waals surface area contributed by atoms with Crippen molar-refractivity contribution >= 4 is 10.0 Å². The van der Waals surface area contributed by atoms with E-state index in [1.165, 1.54) is 18.2 Å². The van der Waals surface area contributed by atoms with Gasteiger partial charge in [-0.05, 0) is 24.1 Å². The first-order valence-electron chi connectivity index (χ1n) is 5.60. The second-order valence-electron chi connectivity index (χ2n) is 3.97. The van der Waals surface area contributed by atoms with E-state index in [2.05, 4.69) is 4.72 Å². The van der Waals surface area contributed by atoms with Crippen molar-refractivity contribution in [1.29, 1.82) is 0 Å². The van der Waals surface area contributed by atoms with E-state index in [-0.39, 0.29) is 24.4 Å². The molecule has 108 valence electrons. The van der Waals surface area contributed by atoms with Gasteiger partial charge in [-0.25, -0.2) is 13.1 Å². The number of alkyl halides is 3. The Morgan fingerprint density at radius 2 is 1.95 bits per heavy atom. The number of halogens is 3. The van der Waals surface area contributed by atoms with Crippen LogP contribution in [0.5, 0.6) is 0 Å². The Balaban J connectivity index is 2.61. The van der Waals surface area contributed by atoms with E-state index in [4.69, 9.17) is 5.73 Å². The number of hydrogen-bond donors (Lipinski definition) is 2. The molecule has 0 aliphatic carbocycles. The second-order valence-corrected chi connectivity index (χ2v) is 5.73. The van der Waals surface area contributed by atoms with Gasteiger partial charge in [-0.3, -0.25) is 0 Å². The Bertz CT molecular complexity index is 515. The minimum absolute atomic E-state index is 0.00228. The summed E-state index contributed by atoms with van der Waals surface area (Å²) in [5.74, 6) is 0. The maximum absolute atomic E-state index is 11.9. The molecule has 0 fully saturated rings. The molecule has 0 saturated heterocycles. The lowest BCUT2D eigenvalue weighted by Crippen LogP contribution is -2.26. The Kier molecular flexibility index (Phi) is 5.33. The molecule has 0 amide bonds. The quantitative estimate of drug-likeness (QED) is 0.786. The molecule has 8 heteroatoms. The fourth-order valence-electron chi connectivity index (χ4n) is 1.42. The smallest absolute Gasteiger partial charge is 0.326 e. The number of nitrogens with one attached hydrogen (secondary N) is 1. The number of rotatable bonds is 6. The highest BCUT2D eigenvalue weighted by atomic mass is 32.2. The van der Waals surface area contributed by atoms with Crippen molar-refractivity contribution in [2.24, 2.45) is 5.73 Å². The third-order valence-corrected chi connectivity index (χ3v) is 3.83. The Labute approximate surface area is 109 Å². The lowest BCUT2D eigenvalue weighted by Gasteiger charge is -2.09. The van der Waals surface area contributed by atoms with Crippen molar-refractivity contribution in [1.82, 2.24) is 4.72 Å². The molecule has 1 aromatic carbocycles. The van der Waals surface area contributed by atoms with Crippen LogP contribution in [0, 0.1) is 0 Å². The molecule has 0 spiro atoms. The molecule has 3 N–H and O–H groups in total. The highest BCUT2D eigenvalue weighted by Gasteiger charge is 2.26. The molecular formula is C11H15F3N2O2S. The van der Waals surface area contributed by atoms with Crippen LogP contribution in [0.2, 0.25) is 0 Å². The molecule has 0 unspecified atom stereocenters. The normalized spacial score (nSPS) is 12.6. The lowest BCUT2D eigenvalue weighted by atomic mass is 10.2. The number of hydrogen-bond acceptors (Lipinski definition) is 3. The van der Waals surface area contributed by atoms with Gasteiger partial charge in [0, 0.05) is 19.5 Å². The lowest BCUT2D eigenvalue weighted by molar-refractivity contribution is -0.135. The van der Waals surface area contributed by atoms with Crippen LogP contribution in [0.1, 0.15) is 18.4 Å². The van der Waals surface area contributed by atoms with Gasteiger partial charge in [-0.2, -0.15) is 13.2 Å². The van der Waals surface area contributed by atoms with Gasteiger partial charge < -0.3 is 5.73 Å². The van der Waals surface area contributed by atoms with E-state index in [1.54, 1.807) is 6.07 Å². The minimum Gasteiger partial charge on any atom is -0.326 e. The van der Waals surface area contributed by atoms with Crippen molar-refractivity contribution in [3.05, 3.63) is 29.8 Å². The van der Waals surface area contributed by atoms with Gasteiger partial charge in [0.1, 0.15) is 0 Å². The Morgan fingerprint density at radius 1 is 1.26 bits per heavy atom. The van der Waals surface area contributed by atoms with Crippen molar-refractivity contribution < 1.29 is 21.6 Å². The predicted octanol–water partition coefficient (Wildman–Crippen LogP) is 1.77. The van der Waals surface area contributed by atoms with Crippen LogP contribution in [0.25, 0.3) is 0 Å². The third kappa shape index (κ3) is 5.58. The van der Waals surface area contributed by atoms with Gasteiger partial charge in [0.25, 0.3) is 0 Å². The molecule has 0 aliphatic heterocycles. The van der Waals surface area contributed by atoms with Crippen molar-refractivity contribution in [3.8, 4) is 0 Å². The molecule has 0 radical (unpaired) electrons. The molecule has 19 heavy (non-hydrogen) atoms. The highest BCUT2D eigenvalue weighted by Crippen LogP contribution is 2.21. The zero-order valence-corrected chi connectivity index (χ0v) is 10.9. The monoisotopic (exact) mass is 296 g/mol. The minimum atomic E-state index is -4.27. The zero-order chi connectivity index (χ0) is 14.5. The average molecular weight is 296 g/mol. The standard InChI is InChI=1S/C11H15F3N2O2S/c12-11(13,14)5-2-6-16-19(17,18)10-4-1-3-9(7-10)8-15/h1,3-4,7,16H,2,5-6,8,15H2. The van der Waals surface area contributed by atoms with Crippen LogP contribution in [-0.2, 0) is 16.6 Å². The molecule has 0 aromatic heterocycles. The molecule has 0 saturated carbocycles. The van der Waals surface area contributed by atoms with Crippen molar-refractivity contribution in [3.63, 3.8) is 0 Å². The van der Waals surface area contributed by atoms with E-state index in [0.29, 0.717) is 5.56 Å². The fraction of sp³-hybridized carbons (Fsp3) is 0.455. The summed E-state index contributed by atoms with van der Waals surface area (Å²) in [5.41, 5.74) is 6.03. The predicted molar refractivity (Wildman–Crippen MR) is 64.8 cm³/mol. The molecule has 4 nitrogen and oxygen atoms in total. The summed E-state index contributed by atoms with van der Waals surface area (Å²) in [6, 6.07) is 5.96. The van der Waals surface area contributed by atoms with Gasteiger partial charge in [0.2, 0.25) is 10.0 Å². The van der Waals surface area contributed by atoms with Crippen molar-refractivity contribution in [2.45, 2.75) is 30.5 Å². The molecule has 0 bridgehead atoms. The summed E-state index contributed by atoms with van der Waals surface area (Å²) in [5, 5.41) is 0.